The molecule has 0 saturated heterocycles. The van der Waals surface area contributed by atoms with Crippen LogP contribution in [0.2, 0.25) is 0 Å². The summed E-state index contributed by atoms with van der Waals surface area (Å²) in [6, 6.07) is -0.875. The smallest absolute Gasteiger partial charge is 0.268 e. The van der Waals surface area contributed by atoms with Crippen LogP contribution in [0.1, 0.15) is 149 Å². The van der Waals surface area contributed by atoms with Crippen molar-refractivity contribution in [3.05, 3.63) is 12.2 Å². The number of likely N-dealkylation sites (N-methyl/N-ethyl adjacent to an activating group) is 1. The summed E-state index contributed by atoms with van der Waals surface area (Å²) < 4.78 is 22.8. The van der Waals surface area contributed by atoms with Gasteiger partial charge in [-0.15, -0.1) is 0 Å². The molecule has 9 heteroatoms. The number of aliphatic hydroxyl groups is 1. The predicted octanol–water partition coefficient (Wildman–Crippen LogP) is 7.83. The van der Waals surface area contributed by atoms with E-state index in [0.29, 0.717) is 17.4 Å². The van der Waals surface area contributed by atoms with E-state index < -0.39 is 20.0 Å². The van der Waals surface area contributed by atoms with Gasteiger partial charge in [0.2, 0.25) is 5.91 Å². The lowest BCUT2D eigenvalue weighted by Crippen LogP contribution is -2.45. The average molecular weight is 633 g/mol. The number of amides is 1. The molecule has 2 N–H and O–H groups in total. The summed E-state index contributed by atoms with van der Waals surface area (Å²) >= 11 is 0. The normalized spacial score (nSPS) is 15.0. The molecule has 0 aliphatic carbocycles. The van der Waals surface area contributed by atoms with Gasteiger partial charge in [-0.05, 0) is 19.3 Å². The second kappa shape index (κ2) is 27.5. The van der Waals surface area contributed by atoms with Crippen LogP contribution in [-0.2, 0) is 18.4 Å². The maximum absolute atomic E-state index is 12.3. The van der Waals surface area contributed by atoms with Crippen molar-refractivity contribution in [3.8, 4) is 0 Å². The van der Waals surface area contributed by atoms with Crippen molar-refractivity contribution in [1.29, 1.82) is 0 Å². The number of nitrogens with one attached hydrogen (secondary N) is 1. The number of nitrogens with zero attached hydrogens (tertiary/aromatic N) is 1. The molecule has 0 bridgehead atoms. The first-order valence-corrected chi connectivity index (χ1v) is 19.0. The lowest BCUT2D eigenvalue weighted by molar-refractivity contribution is -0.870. The molecule has 43 heavy (non-hydrogen) atoms. The van der Waals surface area contributed by atoms with Gasteiger partial charge < -0.3 is 28.8 Å². The summed E-state index contributed by atoms with van der Waals surface area (Å²) in [5, 5.41) is 13.4. The van der Waals surface area contributed by atoms with E-state index in [-0.39, 0.29) is 19.1 Å². The van der Waals surface area contributed by atoms with Crippen LogP contribution >= 0.6 is 7.82 Å². The number of phosphoric acid groups is 1. The number of quaternary nitrogens is 1. The summed E-state index contributed by atoms with van der Waals surface area (Å²) in [6.07, 6.45) is 27.9. The van der Waals surface area contributed by atoms with Crippen molar-refractivity contribution >= 4 is 13.7 Å². The highest BCUT2D eigenvalue weighted by Crippen LogP contribution is 2.38. The van der Waals surface area contributed by atoms with Crippen LogP contribution in [-0.4, -0.2) is 68.5 Å². The largest absolute Gasteiger partial charge is 0.756 e. The van der Waals surface area contributed by atoms with Gasteiger partial charge in [-0.3, -0.25) is 9.36 Å². The first-order valence-electron chi connectivity index (χ1n) is 17.6. The molecule has 3 atom stereocenters. The Labute approximate surface area is 265 Å². The highest BCUT2D eigenvalue weighted by Gasteiger charge is 2.23. The number of hydrogen-bond acceptors (Lipinski definition) is 6. The van der Waals surface area contributed by atoms with Crippen LogP contribution in [0.25, 0.3) is 0 Å². The summed E-state index contributed by atoms with van der Waals surface area (Å²) in [5.74, 6) is -0.234. The lowest BCUT2D eigenvalue weighted by Gasteiger charge is -2.29. The van der Waals surface area contributed by atoms with Crippen LogP contribution in [0.3, 0.4) is 0 Å². The van der Waals surface area contributed by atoms with E-state index in [1.165, 1.54) is 96.3 Å². The molecular formula is C34H69N2O6P. The molecule has 1 amide bonds. The van der Waals surface area contributed by atoms with Crippen molar-refractivity contribution in [2.75, 3.05) is 40.9 Å². The third-order valence-electron chi connectivity index (χ3n) is 7.75. The fraction of sp³-hybridized carbons (Fsp3) is 0.912. The maximum atomic E-state index is 12.3. The molecule has 0 radical (unpaired) electrons. The zero-order valence-electron chi connectivity index (χ0n) is 28.7. The van der Waals surface area contributed by atoms with Crippen molar-refractivity contribution in [3.63, 3.8) is 0 Å². The lowest BCUT2D eigenvalue weighted by atomic mass is 10.0. The fourth-order valence-corrected chi connectivity index (χ4v) is 5.56. The Morgan fingerprint density at radius 1 is 0.791 bits per heavy atom. The van der Waals surface area contributed by atoms with Crippen LogP contribution < -0.4 is 10.2 Å². The average Bonchev–Trinajstić information content (AvgIpc) is 2.94. The minimum absolute atomic E-state index is 0.000380. The summed E-state index contributed by atoms with van der Waals surface area (Å²) in [6.45, 7) is 4.38. The van der Waals surface area contributed by atoms with Crippen LogP contribution in [0.5, 0.6) is 0 Å². The Morgan fingerprint density at radius 3 is 1.72 bits per heavy atom. The number of aliphatic hydroxyl groups excluding tert-OH is 1. The number of carbonyl (C=O) groups excluding carboxylic acids is 1. The monoisotopic (exact) mass is 632 g/mol. The summed E-state index contributed by atoms with van der Waals surface area (Å²) in [4.78, 5) is 24.5. The SMILES string of the molecule is CCCCCCCCCCCCCCCCCCC/C=C/C(O)C(COP(=O)([O-])OCC[N+](C)(C)C)NC(=O)CCCC. The Hall–Kier alpha value is -0.760. The minimum atomic E-state index is -4.55. The van der Waals surface area contributed by atoms with Gasteiger partial charge in [-0.25, -0.2) is 0 Å². The fourth-order valence-electron chi connectivity index (χ4n) is 4.83. The molecule has 0 aromatic rings. The number of rotatable bonds is 31. The first-order chi connectivity index (χ1) is 20.5. The summed E-state index contributed by atoms with van der Waals surface area (Å²) in [5.41, 5.74) is 0. The van der Waals surface area contributed by atoms with Crippen molar-refractivity contribution < 1.29 is 32.9 Å². The van der Waals surface area contributed by atoms with E-state index in [1.807, 2.05) is 34.1 Å². The van der Waals surface area contributed by atoms with E-state index in [2.05, 4.69) is 12.2 Å². The third-order valence-corrected chi connectivity index (χ3v) is 8.71. The second-order valence-electron chi connectivity index (χ2n) is 13.2. The Bertz CT molecular complexity index is 728. The molecule has 0 aromatic carbocycles. The summed E-state index contributed by atoms with van der Waals surface area (Å²) in [7, 11) is 1.26. The quantitative estimate of drug-likeness (QED) is 0.0349. The second-order valence-corrected chi connectivity index (χ2v) is 14.6. The van der Waals surface area contributed by atoms with E-state index in [9.17, 15) is 19.4 Å². The van der Waals surface area contributed by atoms with E-state index in [0.717, 1.165) is 32.1 Å². The minimum Gasteiger partial charge on any atom is -0.756 e. The number of allylic oxidation sites excluding steroid dienone is 1. The van der Waals surface area contributed by atoms with Crippen LogP contribution in [0.15, 0.2) is 12.2 Å². The Kier molecular flexibility index (Phi) is 27.1. The number of unbranched alkanes of at least 4 members (excludes halogenated alkanes) is 18. The standard InChI is InChI=1S/C34H69N2O6P/c1-6-8-10-11-12-13-14-15-16-17-18-19-20-21-22-23-24-25-26-27-33(37)32(35-34(38)28-9-7-2)31-42-43(39,40)41-30-29-36(3,4)5/h26-27,32-33,37H,6-25,28-31H2,1-5H3,(H-,35,38,39,40)/b27-26+. The van der Waals surface area contributed by atoms with Crippen LogP contribution in [0, 0.1) is 0 Å². The number of carbonyl (C=O) groups is 1. The van der Waals surface area contributed by atoms with Gasteiger partial charge in [0.05, 0.1) is 39.9 Å². The third kappa shape index (κ3) is 29.7. The van der Waals surface area contributed by atoms with Gasteiger partial charge in [0.1, 0.15) is 13.2 Å². The highest BCUT2D eigenvalue weighted by molar-refractivity contribution is 7.45. The number of hydrogen-bond donors (Lipinski definition) is 2. The molecule has 3 unspecified atom stereocenters. The van der Waals surface area contributed by atoms with Gasteiger partial charge >= 0.3 is 0 Å². The molecule has 0 rings (SSSR count). The molecule has 8 nitrogen and oxygen atoms in total. The molecule has 0 saturated carbocycles. The zero-order chi connectivity index (χ0) is 32.2. The molecule has 0 heterocycles. The van der Waals surface area contributed by atoms with Crippen molar-refractivity contribution in [1.82, 2.24) is 5.32 Å². The molecule has 0 fully saturated rings. The Balaban J connectivity index is 4.14. The molecule has 0 aliphatic heterocycles. The van der Waals surface area contributed by atoms with E-state index in [4.69, 9.17) is 9.05 Å². The zero-order valence-corrected chi connectivity index (χ0v) is 29.6. The van der Waals surface area contributed by atoms with Crippen molar-refractivity contribution in [2.24, 2.45) is 0 Å². The molecular weight excluding hydrogens is 563 g/mol. The molecule has 0 spiro atoms. The first kappa shape index (κ1) is 42.2. The van der Waals surface area contributed by atoms with E-state index >= 15 is 0 Å². The van der Waals surface area contributed by atoms with Crippen molar-refractivity contribution in [2.45, 2.75) is 161 Å². The predicted molar refractivity (Wildman–Crippen MR) is 178 cm³/mol. The molecule has 0 aromatic heterocycles. The van der Waals surface area contributed by atoms with Gasteiger partial charge in [-0.1, -0.05) is 135 Å². The molecule has 0 aliphatic rings. The molecule has 256 valence electrons. The maximum Gasteiger partial charge on any atom is 0.268 e. The van der Waals surface area contributed by atoms with Gasteiger partial charge in [-0.2, -0.15) is 0 Å². The van der Waals surface area contributed by atoms with E-state index in [1.54, 1.807) is 6.08 Å². The van der Waals surface area contributed by atoms with Gasteiger partial charge in [0.25, 0.3) is 7.82 Å². The van der Waals surface area contributed by atoms with Gasteiger partial charge in [0, 0.05) is 6.42 Å². The highest BCUT2D eigenvalue weighted by atomic mass is 31.2. The van der Waals surface area contributed by atoms with Gasteiger partial charge in [0.15, 0.2) is 0 Å². The Morgan fingerprint density at radius 2 is 1.26 bits per heavy atom. The number of phosphoric ester groups is 1. The van der Waals surface area contributed by atoms with Crippen LogP contribution in [0.4, 0.5) is 0 Å². The topological polar surface area (TPSA) is 108 Å².